The fourth-order valence-electron chi connectivity index (χ4n) is 3.61. The molecule has 0 saturated carbocycles. The van der Waals surface area contributed by atoms with Crippen molar-refractivity contribution in [1.82, 2.24) is 19.5 Å². The van der Waals surface area contributed by atoms with Crippen molar-refractivity contribution in [2.45, 2.75) is 90.1 Å². The van der Waals surface area contributed by atoms with Crippen molar-refractivity contribution in [3.05, 3.63) is 16.7 Å². The zero-order valence-electron chi connectivity index (χ0n) is 19.0. The van der Waals surface area contributed by atoms with Crippen molar-refractivity contribution < 1.29 is 14.3 Å². The van der Waals surface area contributed by atoms with Crippen LogP contribution in [0, 0.1) is 5.92 Å². The van der Waals surface area contributed by atoms with Crippen LogP contribution < -0.4 is 11.3 Å². The minimum absolute atomic E-state index is 0.0169. The molecule has 0 bridgehead atoms. The zero-order valence-corrected chi connectivity index (χ0v) is 20.0. The molecule has 0 aromatic carbocycles. The summed E-state index contributed by atoms with van der Waals surface area (Å²) in [4.78, 5) is 22.9. The number of rotatable bonds is 6. The van der Waals surface area contributed by atoms with Gasteiger partial charge in [0.1, 0.15) is 12.3 Å². The molecule has 4 atom stereocenters. The van der Waals surface area contributed by atoms with Gasteiger partial charge in [-0.05, 0) is 30.5 Å². The largest absolute Gasteiger partial charge is 0.411 e. The lowest BCUT2D eigenvalue weighted by atomic mass is 9.99. The number of anilines is 1. The van der Waals surface area contributed by atoms with E-state index in [-0.39, 0.29) is 22.6 Å². The summed E-state index contributed by atoms with van der Waals surface area (Å²) in [5.41, 5.74) is 5.85. The van der Waals surface area contributed by atoms with E-state index in [9.17, 15) is 9.90 Å². The second-order valence-electron chi connectivity index (χ2n) is 10.2. The van der Waals surface area contributed by atoms with E-state index in [0.717, 1.165) is 6.42 Å². The molecule has 168 valence electrons. The smallest absolute Gasteiger partial charge is 0.280 e. The Bertz CT molecular complexity index is 949. The van der Waals surface area contributed by atoms with Gasteiger partial charge >= 0.3 is 0 Å². The molecular formula is C20H35N5O4Si. The third kappa shape index (κ3) is 4.46. The van der Waals surface area contributed by atoms with Crippen LogP contribution in [0.25, 0.3) is 11.2 Å². The Balaban J connectivity index is 1.89. The number of aromatic amines is 1. The number of H-pyrrole nitrogens is 1. The first kappa shape index (κ1) is 22.9. The van der Waals surface area contributed by atoms with Crippen molar-refractivity contribution >= 4 is 25.4 Å². The predicted molar refractivity (Wildman–Crippen MR) is 119 cm³/mol. The monoisotopic (exact) mass is 437 g/mol. The normalized spacial score (nSPS) is 24.1. The second kappa shape index (κ2) is 8.06. The number of nitrogens with zero attached hydrogens (tertiary/aromatic N) is 3. The number of nitrogen functional groups attached to an aromatic ring is 1. The summed E-state index contributed by atoms with van der Waals surface area (Å²) >= 11 is 0. The van der Waals surface area contributed by atoms with E-state index in [2.05, 4.69) is 62.7 Å². The molecule has 2 aromatic rings. The van der Waals surface area contributed by atoms with Crippen molar-refractivity contribution in [2.24, 2.45) is 5.92 Å². The van der Waals surface area contributed by atoms with E-state index in [1.54, 1.807) is 4.57 Å². The van der Waals surface area contributed by atoms with Crippen LogP contribution in [-0.4, -0.2) is 51.3 Å². The Labute approximate surface area is 178 Å². The molecule has 0 amide bonds. The Morgan fingerprint density at radius 3 is 2.70 bits per heavy atom. The quantitative estimate of drug-likeness (QED) is 0.593. The first-order valence-electron chi connectivity index (χ1n) is 10.5. The molecular weight excluding hydrogens is 402 g/mol. The molecule has 30 heavy (non-hydrogen) atoms. The molecule has 1 aliphatic heterocycles. The van der Waals surface area contributed by atoms with Gasteiger partial charge in [-0.25, -0.2) is 4.98 Å². The van der Waals surface area contributed by atoms with Gasteiger partial charge in [-0.2, -0.15) is 4.98 Å². The van der Waals surface area contributed by atoms with E-state index in [0.29, 0.717) is 18.0 Å². The summed E-state index contributed by atoms with van der Waals surface area (Å²) in [5.74, 6) is 0.409. The van der Waals surface area contributed by atoms with Crippen LogP contribution >= 0.6 is 0 Å². The number of hydrogen-bond acceptors (Lipinski definition) is 7. The van der Waals surface area contributed by atoms with Crippen molar-refractivity contribution in [3.8, 4) is 0 Å². The highest BCUT2D eigenvalue weighted by molar-refractivity contribution is 6.74. The lowest BCUT2D eigenvalue weighted by Crippen LogP contribution is -2.49. The van der Waals surface area contributed by atoms with E-state index < -0.39 is 32.3 Å². The number of aromatic nitrogens is 4. The molecule has 3 heterocycles. The molecule has 1 saturated heterocycles. The molecule has 0 radical (unpaired) electrons. The van der Waals surface area contributed by atoms with Gasteiger partial charge in [0.25, 0.3) is 5.56 Å². The Morgan fingerprint density at radius 2 is 2.10 bits per heavy atom. The van der Waals surface area contributed by atoms with Gasteiger partial charge in [0, 0.05) is 6.42 Å². The Hall–Kier alpha value is -1.75. The summed E-state index contributed by atoms with van der Waals surface area (Å²) in [5, 5.41) is 10.9. The highest BCUT2D eigenvalue weighted by Crippen LogP contribution is 2.41. The van der Waals surface area contributed by atoms with Crippen molar-refractivity contribution in [3.63, 3.8) is 0 Å². The molecule has 1 fully saturated rings. The van der Waals surface area contributed by atoms with Gasteiger partial charge in [0.15, 0.2) is 19.5 Å². The molecule has 9 nitrogen and oxygen atoms in total. The van der Waals surface area contributed by atoms with Crippen molar-refractivity contribution in [2.75, 3.05) is 5.73 Å². The number of nitrogens with two attached hydrogens (primary N) is 1. The molecule has 3 rings (SSSR count). The fourth-order valence-corrected chi connectivity index (χ4v) is 4.95. The Morgan fingerprint density at radius 1 is 1.43 bits per heavy atom. The number of fused-ring (bicyclic) bond motifs is 1. The van der Waals surface area contributed by atoms with Gasteiger partial charge in [-0.1, -0.05) is 34.6 Å². The minimum atomic E-state index is -2.06. The molecule has 0 aliphatic carbocycles. The highest BCUT2D eigenvalue weighted by Gasteiger charge is 2.46. The lowest BCUT2D eigenvalue weighted by Gasteiger charge is -2.41. The van der Waals surface area contributed by atoms with Gasteiger partial charge in [-0.15, -0.1) is 0 Å². The molecule has 10 heteroatoms. The van der Waals surface area contributed by atoms with E-state index >= 15 is 0 Å². The number of imidazole rings is 1. The average molecular weight is 438 g/mol. The van der Waals surface area contributed by atoms with Crippen LogP contribution in [0.2, 0.25) is 18.1 Å². The van der Waals surface area contributed by atoms with E-state index in [1.165, 1.54) is 6.33 Å². The Kier molecular flexibility index (Phi) is 6.16. The maximum absolute atomic E-state index is 12.1. The van der Waals surface area contributed by atoms with Crippen molar-refractivity contribution in [1.29, 1.82) is 0 Å². The SMILES string of the molecule is CC(C)CC(O[Si](C)(C)C(C)(C)C)[C@H]1O[C@@H](n2cnc3c(=O)[nH]c(N)nc32)C[C@@H]1O. The maximum atomic E-state index is 12.1. The van der Waals surface area contributed by atoms with Crippen LogP contribution in [0.3, 0.4) is 0 Å². The van der Waals surface area contributed by atoms with Gasteiger partial charge < -0.3 is 20.0 Å². The maximum Gasteiger partial charge on any atom is 0.280 e. The molecule has 1 aliphatic rings. The summed E-state index contributed by atoms with van der Waals surface area (Å²) in [7, 11) is -2.06. The third-order valence-electron chi connectivity index (χ3n) is 6.22. The first-order valence-corrected chi connectivity index (χ1v) is 13.4. The van der Waals surface area contributed by atoms with E-state index in [4.69, 9.17) is 14.9 Å². The summed E-state index contributed by atoms with van der Waals surface area (Å²) < 4.78 is 14.7. The molecule has 0 spiro atoms. The predicted octanol–water partition coefficient (Wildman–Crippen LogP) is 2.79. The number of hydrogen-bond donors (Lipinski definition) is 3. The van der Waals surface area contributed by atoms with Crippen LogP contribution in [-0.2, 0) is 9.16 Å². The van der Waals surface area contributed by atoms with E-state index in [1.807, 2.05) is 0 Å². The second-order valence-corrected chi connectivity index (χ2v) is 14.9. The zero-order chi connectivity index (χ0) is 22.4. The number of aliphatic hydroxyl groups excluding tert-OH is 1. The topological polar surface area (TPSA) is 128 Å². The molecule has 2 aromatic heterocycles. The molecule has 1 unspecified atom stereocenters. The van der Waals surface area contributed by atoms with Gasteiger partial charge in [0.05, 0.1) is 18.5 Å². The fraction of sp³-hybridized carbons (Fsp3) is 0.750. The van der Waals surface area contributed by atoms with Crippen LogP contribution in [0.4, 0.5) is 5.95 Å². The average Bonchev–Trinajstić information content (AvgIpc) is 3.16. The third-order valence-corrected chi connectivity index (χ3v) is 10.7. The van der Waals surface area contributed by atoms with Crippen LogP contribution in [0.5, 0.6) is 0 Å². The molecule has 4 N–H and O–H groups in total. The van der Waals surface area contributed by atoms with Gasteiger partial charge in [-0.3, -0.25) is 14.3 Å². The van der Waals surface area contributed by atoms with Gasteiger partial charge in [0.2, 0.25) is 5.95 Å². The minimum Gasteiger partial charge on any atom is -0.411 e. The number of ether oxygens (including phenoxy) is 1. The standard InChI is InChI=1S/C20H35N5O4Si/c1-11(2)8-13(29-30(6,7)20(3,4)5)16-12(26)9-14(28-16)25-10-22-15-17(25)23-19(21)24-18(15)27/h10-14,16,26H,8-9H2,1-7H3,(H3,21,23,24,27)/t12-,13?,14+,16-/m0/s1. The number of nitrogens with one attached hydrogen (secondary N) is 1. The first-order chi connectivity index (χ1) is 13.8. The lowest BCUT2D eigenvalue weighted by molar-refractivity contribution is -0.0815. The van der Waals surface area contributed by atoms with Crippen LogP contribution in [0.15, 0.2) is 11.1 Å². The summed E-state index contributed by atoms with van der Waals surface area (Å²) in [6.07, 6.45) is 0.779. The summed E-state index contributed by atoms with van der Waals surface area (Å²) in [6, 6.07) is 0. The highest BCUT2D eigenvalue weighted by atomic mass is 28.4. The van der Waals surface area contributed by atoms with Crippen LogP contribution in [0.1, 0.15) is 53.7 Å². The summed E-state index contributed by atoms with van der Waals surface area (Å²) in [6.45, 7) is 15.3. The number of aliphatic hydroxyl groups is 1.